The second-order valence-corrected chi connectivity index (χ2v) is 8.52. The van der Waals surface area contributed by atoms with Crippen LogP contribution in [0, 0.1) is 0 Å². The molecule has 3 aromatic rings. The lowest BCUT2D eigenvalue weighted by atomic mass is 10.1. The van der Waals surface area contributed by atoms with Crippen molar-refractivity contribution in [3.63, 3.8) is 0 Å². The Morgan fingerprint density at radius 2 is 1.76 bits per heavy atom. The quantitative estimate of drug-likeness (QED) is 0.537. The number of aromatic nitrogens is 2. The molecule has 0 radical (unpaired) electrons. The summed E-state index contributed by atoms with van der Waals surface area (Å²) in [6.45, 7) is 0.391. The molecule has 4 rings (SSSR count). The van der Waals surface area contributed by atoms with Crippen molar-refractivity contribution in [1.82, 2.24) is 15.1 Å². The van der Waals surface area contributed by atoms with Gasteiger partial charge in [0.05, 0.1) is 11.3 Å². The molecule has 2 N–H and O–H groups in total. The zero-order chi connectivity index (χ0) is 23.4. The van der Waals surface area contributed by atoms with Gasteiger partial charge in [0.1, 0.15) is 12.4 Å². The zero-order valence-electron chi connectivity index (χ0n) is 17.5. The summed E-state index contributed by atoms with van der Waals surface area (Å²) in [5.74, 6) is 0.895. The Balaban J connectivity index is 1.43. The summed E-state index contributed by atoms with van der Waals surface area (Å²) in [5.41, 5.74) is 1.99. The van der Waals surface area contributed by atoms with Crippen LogP contribution in [0.25, 0.3) is 0 Å². The van der Waals surface area contributed by atoms with E-state index in [9.17, 15) is 22.8 Å². The van der Waals surface area contributed by atoms with Crippen LogP contribution in [0.3, 0.4) is 0 Å². The van der Waals surface area contributed by atoms with Gasteiger partial charge in [-0.2, -0.15) is 30.0 Å². The van der Waals surface area contributed by atoms with E-state index in [0.717, 1.165) is 41.1 Å². The lowest BCUT2D eigenvalue weighted by Gasteiger charge is -2.12. The van der Waals surface area contributed by atoms with Crippen molar-refractivity contribution in [3.05, 3.63) is 82.5 Å². The molecule has 10 heteroatoms. The molecule has 0 fully saturated rings. The van der Waals surface area contributed by atoms with E-state index in [2.05, 4.69) is 15.7 Å². The van der Waals surface area contributed by atoms with Gasteiger partial charge in [0.25, 0.3) is 5.91 Å². The number of rotatable bonds is 7. The second-order valence-electron chi connectivity index (χ2n) is 7.54. The van der Waals surface area contributed by atoms with Crippen LogP contribution in [-0.4, -0.2) is 28.1 Å². The van der Waals surface area contributed by atoms with Crippen molar-refractivity contribution in [2.45, 2.75) is 30.6 Å². The summed E-state index contributed by atoms with van der Waals surface area (Å²) in [6.07, 6.45) is -3.78. The van der Waals surface area contributed by atoms with Crippen LogP contribution in [-0.2, 0) is 35.4 Å². The lowest BCUT2D eigenvalue weighted by molar-refractivity contribution is -0.137. The first-order valence-corrected chi connectivity index (χ1v) is 11.4. The molecule has 1 aliphatic heterocycles. The molecule has 0 bridgehead atoms. The number of nitrogens with zero attached hydrogens (tertiary/aromatic N) is 2. The van der Waals surface area contributed by atoms with Crippen LogP contribution >= 0.6 is 11.8 Å². The Morgan fingerprint density at radius 3 is 2.45 bits per heavy atom. The van der Waals surface area contributed by atoms with E-state index < -0.39 is 17.6 Å². The van der Waals surface area contributed by atoms with Crippen LogP contribution in [0.1, 0.15) is 32.7 Å². The molecule has 0 unspecified atom stereocenters. The number of amides is 2. The molecular weight excluding hydrogens is 453 g/mol. The number of thioether (sulfide) groups is 1. The SMILES string of the molecule is O=C(Cn1nc2c(c1NC(=O)c1ccc(C(F)(F)F)cc1)CSC2)NCCc1ccccc1. The molecule has 0 saturated heterocycles. The third-order valence-corrected chi connectivity index (χ3v) is 6.17. The van der Waals surface area contributed by atoms with E-state index in [1.807, 2.05) is 30.3 Å². The van der Waals surface area contributed by atoms with Gasteiger partial charge in [-0.15, -0.1) is 0 Å². The van der Waals surface area contributed by atoms with Gasteiger partial charge < -0.3 is 10.6 Å². The van der Waals surface area contributed by atoms with Gasteiger partial charge in [-0.3, -0.25) is 9.59 Å². The molecule has 33 heavy (non-hydrogen) atoms. The highest BCUT2D eigenvalue weighted by atomic mass is 32.2. The van der Waals surface area contributed by atoms with Crippen molar-refractivity contribution >= 4 is 29.4 Å². The van der Waals surface area contributed by atoms with E-state index in [-0.39, 0.29) is 18.0 Å². The Labute approximate surface area is 192 Å². The van der Waals surface area contributed by atoms with Crippen molar-refractivity contribution in [2.24, 2.45) is 0 Å². The fourth-order valence-corrected chi connectivity index (χ4v) is 4.53. The number of fused-ring (bicyclic) bond motifs is 1. The van der Waals surface area contributed by atoms with Crippen molar-refractivity contribution in [1.29, 1.82) is 0 Å². The minimum Gasteiger partial charge on any atom is -0.354 e. The van der Waals surface area contributed by atoms with Gasteiger partial charge in [0.15, 0.2) is 0 Å². The Kier molecular flexibility index (Phi) is 6.73. The maximum Gasteiger partial charge on any atom is 0.416 e. The van der Waals surface area contributed by atoms with E-state index in [1.54, 1.807) is 11.8 Å². The molecule has 1 aliphatic rings. The first kappa shape index (κ1) is 22.9. The maximum absolute atomic E-state index is 12.8. The fourth-order valence-electron chi connectivity index (χ4n) is 3.49. The number of hydrogen-bond donors (Lipinski definition) is 2. The molecule has 0 aliphatic carbocycles. The normalized spacial score (nSPS) is 12.9. The van der Waals surface area contributed by atoms with Gasteiger partial charge in [-0.1, -0.05) is 30.3 Å². The predicted molar refractivity (Wildman–Crippen MR) is 120 cm³/mol. The summed E-state index contributed by atoms with van der Waals surface area (Å²) in [4.78, 5) is 25.2. The number of hydrogen-bond acceptors (Lipinski definition) is 4. The Morgan fingerprint density at radius 1 is 1.03 bits per heavy atom. The van der Waals surface area contributed by atoms with E-state index in [1.165, 1.54) is 4.68 Å². The minimum absolute atomic E-state index is 0.0743. The summed E-state index contributed by atoms with van der Waals surface area (Å²) in [7, 11) is 0. The maximum atomic E-state index is 12.8. The van der Waals surface area contributed by atoms with E-state index in [4.69, 9.17) is 0 Å². The molecule has 2 heterocycles. The highest BCUT2D eigenvalue weighted by molar-refractivity contribution is 7.98. The van der Waals surface area contributed by atoms with Crippen LogP contribution in [0.2, 0.25) is 0 Å². The highest BCUT2D eigenvalue weighted by Gasteiger charge is 2.30. The molecule has 2 amide bonds. The number of anilines is 1. The average Bonchev–Trinajstić information content (AvgIpc) is 3.36. The van der Waals surface area contributed by atoms with Gasteiger partial charge >= 0.3 is 6.18 Å². The lowest BCUT2D eigenvalue weighted by Crippen LogP contribution is -2.30. The smallest absolute Gasteiger partial charge is 0.354 e. The summed E-state index contributed by atoms with van der Waals surface area (Å²) in [5, 5.41) is 10.1. The van der Waals surface area contributed by atoms with Crippen LogP contribution in [0.4, 0.5) is 19.0 Å². The first-order chi connectivity index (χ1) is 15.8. The van der Waals surface area contributed by atoms with Gasteiger partial charge in [0.2, 0.25) is 5.91 Å². The molecule has 6 nitrogen and oxygen atoms in total. The molecular formula is C23H21F3N4O2S. The van der Waals surface area contributed by atoms with Gasteiger partial charge in [0, 0.05) is 29.2 Å². The zero-order valence-corrected chi connectivity index (χ0v) is 18.3. The molecule has 2 aromatic carbocycles. The van der Waals surface area contributed by atoms with E-state index in [0.29, 0.717) is 30.3 Å². The van der Waals surface area contributed by atoms with Gasteiger partial charge in [-0.25, -0.2) is 4.68 Å². The van der Waals surface area contributed by atoms with Crippen LogP contribution < -0.4 is 10.6 Å². The monoisotopic (exact) mass is 474 g/mol. The van der Waals surface area contributed by atoms with Gasteiger partial charge in [-0.05, 0) is 36.2 Å². The summed E-state index contributed by atoms with van der Waals surface area (Å²) in [6, 6.07) is 13.8. The number of alkyl halides is 3. The number of halogens is 3. The topological polar surface area (TPSA) is 76.0 Å². The first-order valence-electron chi connectivity index (χ1n) is 10.3. The standard InChI is InChI=1S/C23H21F3N4O2S/c24-23(25,26)17-8-6-16(7-9-17)22(32)28-21-18-13-33-14-19(18)29-30(21)12-20(31)27-11-10-15-4-2-1-3-5-15/h1-9H,10-14H2,(H,27,31)(H,28,32). The summed E-state index contributed by atoms with van der Waals surface area (Å²) >= 11 is 1.64. The highest BCUT2D eigenvalue weighted by Crippen LogP contribution is 2.35. The largest absolute Gasteiger partial charge is 0.416 e. The third kappa shape index (κ3) is 5.57. The Bertz CT molecular complexity index is 1150. The third-order valence-electron chi connectivity index (χ3n) is 5.20. The molecule has 0 atom stereocenters. The predicted octanol–water partition coefficient (Wildman–Crippen LogP) is 4.26. The number of benzene rings is 2. The van der Waals surface area contributed by atoms with Crippen molar-refractivity contribution in [2.75, 3.05) is 11.9 Å². The average molecular weight is 475 g/mol. The van der Waals surface area contributed by atoms with E-state index >= 15 is 0 Å². The van der Waals surface area contributed by atoms with Crippen molar-refractivity contribution < 1.29 is 22.8 Å². The molecule has 0 saturated carbocycles. The Hall–Kier alpha value is -3.27. The second kappa shape index (κ2) is 9.70. The number of carbonyl (C=O) groups is 2. The van der Waals surface area contributed by atoms with Crippen LogP contribution in [0.5, 0.6) is 0 Å². The molecule has 0 spiro atoms. The fraction of sp³-hybridized carbons (Fsp3) is 0.261. The number of carbonyl (C=O) groups excluding carboxylic acids is 2. The number of nitrogens with one attached hydrogen (secondary N) is 2. The van der Waals surface area contributed by atoms with Crippen molar-refractivity contribution in [3.8, 4) is 0 Å². The summed E-state index contributed by atoms with van der Waals surface area (Å²) < 4.78 is 39.8. The molecule has 1 aromatic heterocycles. The van der Waals surface area contributed by atoms with Crippen LogP contribution in [0.15, 0.2) is 54.6 Å². The minimum atomic E-state index is -4.47. The molecule has 172 valence electrons.